The van der Waals surface area contributed by atoms with Crippen LogP contribution < -0.4 is 20.5 Å². The minimum atomic E-state index is 0. The Labute approximate surface area is 166 Å². The van der Waals surface area contributed by atoms with Gasteiger partial charge in [-0.2, -0.15) is 0 Å². The molecule has 146 valence electrons. The highest BCUT2D eigenvalue weighted by molar-refractivity contribution is 5.85. The van der Waals surface area contributed by atoms with E-state index in [4.69, 9.17) is 15.2 Å². The highest BCUT2D eigenvalue weighted by Gasteiger charge is 2.21. The maximum absolute atomic E-state index is 12.5. The number of anilines is 1. The molecule has 0 spiro atoms. The predicted octanol–water partition coefficient (Wildman–Crippen LogP) is 3.83. The van der Waals surface area contributed by atoms with E-state index in [-0.39, 0.29) is 24.4 Å². The van der Waals surface area contributed by atoms with Crippen molar-refractivity contribution in [1.29, 1.82) is 0 Å². The van der Waals surface area contributed by atoms with E-state index < -0.39 is 0 Å². The number of nitrogen functional groups attached to an aromatic ring is 1. The van der Waals surface area contributed by atoms with Crippen molar-refractivity contribution in [1.82, 2.24) is 5.32 Å². The average Bonchev–Trinajstić information content (AvgIpc) is 2.66. The van der Waals surface area contributed by atoms with Crippen molar-refractivity contribution in [2.24, 2.45) is 0 Å². The molecule has 3 N–H and O–H groups in total. The number of methoxy groups -OCH3 is 2. The van der Waals surface area contributed by atoms with Gasteiger partial charge in [-0.25, -0.2) is 0 Å². The number of carbonyl (C=O) groups is 1. The van der Waals surface area contributed by atoms with Crippen molar-refractivity contribution < 1.29 is 14.3 Å². The van der Waals surface area contributed by atoms with Crippen LogP contribution in [0.1, 0.15) is 42.0 Å². The Kier molecular flexibility index (Phi) is 7.36. The van der Waals surface area contributed by atoms with E-state index in [0.29, 0.717) is 12.8 Å². The standard InChI is InChI=1S/C21H26N2O3.ClH/c1-25-17-10-14(11-18(13-17)26-2)6-9-21(24)23-20-5-3-4-15-12-16(22)7-8-19(15)20;/h7-8,10-13,20H,3-6,9,22H2,1-2H3,(H,23,24);1H. The SMILES string of the molecule is COc1cc(CCC(=O)NC2CCCc3cc(N)ccc32)cc(OC)c1.Cl. The van der Waals surface area contributed by atoms with Gasteiger partial charge in [0.2, 0.25) is 5.91 Å². The van der Waals surface area contributed by atoms with E-state index >= 15 is 0 Å². The molecule has 0 saturated carbocycles. The predicted molar refractivity (Wildman–Crippen MR) is 110 cm³/mol. The molecule has 6 heteroatoms. The van der Waals surface area contributed by atoms with E-state index in [1.807, 2.05) is 36.4 Å². The molecule has 1 atom stereocenters. The summed E-state index contributed by atoms with van der Waals surface area (Å²) in [4.78, 5) is 12.5. The molecule has 0 radical (unpaired) electrons. The Morgan fingerprint density at radius 2 is 1.85 bits per heavy atom. The second-order valence-electron chi connectivity index (χ2n) is 6.69. The number of aryl methyl sites for hydroxylation is 2. The third-order valence-electron chi connectivity index (χ3n) is 4.87. The molecule has 0 fully saturated rings. The van der Waals surface area contributed by atoms with E-state index in [0.717, 1.165) is 42.0 Å². The molecular weight excluding hydrogens is 364 g/mol. The maximum Gasteiger partial charge on any atom is 0.220 e. The van der Waals surface area contributed by atoms with Gasteiger partial charge in [0.1, 0.15) is 11.5 Å². The van der Waals surface area contributed by atoms with Crippen LogP contribution in [0, 0.1) is 0 Å². The van der Waals surface area contributed by atoms with Crippen molar-refractivity contribution in [3.8, 4) is 11.5 Å². The first-order valence-corrected chi connectivity index (χ1v) is 8.98. The monoisotopic (exact) mass is 390 g/mol. The maximum atomic E-state index is 12.5. The number of ether oxygens (including phenoxy) is 2. The molecule has 5 nitrogen and oxygen atoms in total. The topological polar surface area (TPSA) is 73.6 Å². The molecule has 1 amide bonds. The van der Waals surface area contributed by atoms with Crippen molar-refractivity contribution in [2.75, 3.05) is 20.0 Å². The third-order valence-corrected chi connectivity index (χ3v) is 4.87. The summed E-state index contributed by atoms with van der Waals surface area (Å²) in [6.45, 7) is 0. The summed E-state index contributed by atoms with van der Waals surface area (Å²) in [5.41, 5.74) is 10.1. The summed E-state index contributed by atoms with van der Waals surface area (Å²) in [7, 11) is 3.25. The van der Waals surface area contributed by atoms with Crippen molar-refractivity contribution in [2.45, 2.75) is 38.1 Å². The molecular formula is C21H27ClN2O3. The Morgan fingerprint density at radius 3 is 2.52 bits per heavy atom. The van der Waals surface area contributed by atoms with Crippen LogP contribution in [0.25, 0.3) is 0 Å². The first-order valence-electron chi connectivity index (χ1n) is 8.98. The van der Waals surface area contributed by atoms with Crippen molar-refractivity contribution in [3.63, 3.8) is 0 Å². The smallest absolute Gasteiger partial charge is 0.220 e. The van der Waals surface area contributed by atoms with Gasteiger partial charge in [0.05, 0.1) is 20.3 Å². The van der Waals surface area contributed by atoms with Crippen molar-refractivity contribution in [3.05, 3.63) is 53.1 Å². The largest absolute Gasteiger partial charge is 0.497 e. The van der Waals surface area contributed by atoms with Gasteiger partial charge in [0.25, 0.3) is 0 Å². The van der Waals surface area contributed by atoms with E-state index in [1.54, 1.807) is 14.2 Å². The number of hydrogen-bond donors (Lipinski definition) is 2. The quantitative estimate of drug-likeness (QED) is 0.735. The number of amides is 1. The fourth-order valence-corrected chi connectivity index (χ4v) is 3.52. The van der Waals surface area contributed by atoms with E-state index in [2.05, 4.69) is 5.32 Å². The highest BCUT2D eigenvalue weighted by Crippen LogP contribution is 2.31. The summed E-state index contributed by atoms with van der Waals surface area (Å²) >= 11 is 0. The lowest BCUT2D eigenvalue weighted by atomic mass is 9.87. The lowest BCUT2D eigenvalue weighted by molar-refractivity contribution is -0.121. The minimum absolute atomic E-state index is 0. The zero-order valence-corrected chi connectivity index (χ0v) is 16.6. The zero-order valence-electron chi connectivity index (χ0n) is 15.8. The molecule has 0 aromatic heterocycles. The number of hydrogen-bond acceptors (Lipinski definition) is 4. The lowest BCUT2D eigenvalue weighted by Gasteiger charge is -2.26. The van der Waals surface area contributed by atoms with Gasteiger partial charge >= 0.3 is 0 Å². The molecule has 1 aliphatic rings. The molecule has 1 unspecified atom stereocenters. The molecule has 0 saturated heterocycles. The number of carbonyl (C=O) groups excluding carboxylic acids is 1. The minimum Gasteiger partial charge on any atom is -0.497 e. The van der Waals surface area contributed by atoms with Crippen LogP contribution in [-0.2, 0) is 17.6 Å². The first-order chi connectivity index (χ1) is 12.6. The molecule has 2 aromatic rings. The Bertz CT molecular complexity index is 773. The van der Waals surface area contributed by atoms with Crippen LogP contribution in [0.15, 0.2) is 36.4 Å². The summed E-state index contributed by atoms with van der Waals surface area (Å²) in [6, 6.07) is 11.8. The zero-order chi connectivity index (χ0) is 18.5. The van der Waals surface area contributed by atoms with Crippen LogP contribution in [0.5, 0.6) is 11.5 Å². The third kappa shape index (κ3) is 5.30. The van der Waals surface area contributed by atoms with E-state index in [1.165, 1.54) is 11.1 Å². The van der Waals surface area contributed by atoms with Gasteiger partial charge in [-0.05, 0) is 66.6 Å². The second kappa shape index (κ2) is 9.51. The molecule has 2 aromatic carbocycles. The number of nitrogens with one attached hydrogen (secondary N) is 1. The molecule has 0 heterocycles. The van der Waals surface area contributed by atoms with Crippen molar-refractivity contribution >= 4 is 24.0 Å². The Hall–Kier alpha value is -2.40. The second-order valence-corrected chi connectivity index (χ2v) is 6.69. The normalized spacial score (nSPS) is 15.3. The lowest BCUT2D eigenvalue weighted by Crippen LogP contribution is -2.31. The molecule has 0 bridgehead atoms. The summed E-state index contributed by atoms with van der Waals surface area (Å²) in [6.07, 6.45) is 4.12. The van der Waals surface area contributed by atoms with Crippen LogP contribution in [-0.4, -0.2) is 20.1 Å². The van der Waals surface area contributed by atoms with Gasteiger partial charge in [-0.1, -0.05) is 6.07 Å². The fraction of sp³-hybridized carbons (Fsp3) is 0.381. The highest BCUT2D eigenvalue weighted by atomic mass is 35.5. The Morgan fingerprint density at radius 1 is 1.15 bits per heavy atom. The van der Waals surface area contributed by atoms with Crippen LogP contribution in [0.4, 0.5) is 5.69 Å². The summed E-state index contributed by atoms with van der Waals surface area (Å²) in [5.74, 6) is 1.53. The summed E-state index contributed by atoms with van der Waals surface area (Å²) in [5, 5.41) is 3.18. The van der Waals surface area contributed by atoms with Gasteiger partial charge < -0.3 is 20.5 Å². The van der Waals surface area contributed by atoms with Gasteiger partial charge in [0.15, 0.2) is 0 Å². The van der Waals surface area contributed by atoms with Gasteiger partial charge in [-0.3, -0.25) is 4.79 Å². The number of rotatable bonds is 6. The fourth-order valence-electron chi connectivity index (χ4n) is 3.52. The van der Waals surface area contributed by atoms with E-state index in [9.17, 15) is 4.79 Å². The molecule has 1 aliphatic carbocycles. The number of halogens is 1. The average molecular weight is 391 g/mol. The molecule has 3 rings (SSSR count). The van der Waals surface area contributed by atoms with Gasteiger partial charge in [0, 0.05) is 18.2 Å². The number of nitrogens with two attached hydrogens (primary N) is 1. The molecule has 0 aliphatic heterocycles. The van der Waals surface area contributed by atoms with Crippen LogP contribution >= 0.6 is 12.4 Å². The first kappa shape index (κ1) is 20.9. The van der Waals surface area contributed by atoms with Crippen LogP contribution in [0.2, 0.25) is 0 Å². The molecule has 27 heavy (non-hydrogen) atoms. The number of benzene rings is 2. The van der Waals surface area contributed by atoms with Crippen LogP contribution in [0.3, 0.4) is 0 Å². The Balaban J connectivity index is 0.00000261. The van der Waals surface area contributed by atoms with Gasteiger partial charge in [-0.15, -0.1) is 12.4 Å². The summed E-state index contributed by atoms with van der Waals surface area (Å²) < 4.78 is 10.6. The number of fused-ring (bicyclic) bond motifs is 1.